The van der Waals surface area contributed by atoms with E-state index in [1.165, 1.54) is 11.1 Å². The summed E-state index contributed by atoms with van der Waals surface area (Å²) in [6.45, 7) is 0. The molecule has 0 aliphatic heterocycles. The van der Waals surface area contributed by atoms with Gasteiger partial charge in [0.15, 0.2) is 0 Å². The predicted molar refractivity (Wildman–Crippen MR) is 81.4 cm³/mol. The van der Waals surface area contributed by atoms with E-state index in [4.69, 9.17) is 4.74 Å². The molecule has 2 nitrogen and oxygen atoms in total. The fourth-order valence-corrected chi connectivity index (χ4v) is 1.82. The van der Waals surface area contributed by atoms with Crippen molar-refractivity contribution in [3.8, 4) is 16.9 Å². The van der Waals surface area contributed by atoms with Crippen LogP contribution < -0.4 is 4.74 Å². The monoisotopic (exact) mass is 320 g/mol. The third kappa shape index (κ3) is 5.07. The van der Waals surface area contributed by atoms with Crippen LogP contribution in [0.25, 0.3) is 11.1 Å². The van der Waals surface area contributed by atoms with E-state index in [-0.39, 0.29) is 17.1 Å². The molecule has 0 unspecified atom stereocenters. The number of methoxy groups -OCH3 is 1. The Bertz CT molecular complexity index is 608. The van der Waals surface area contributed by atoms with Crippen molar-refractivity contribution in [1.82, 2.24) is 0 Å². The van der Waals surface area contributed by atoms with Gasteiger partial charge in [-0.2, -0.15) is 12.1 Å². The summed E-state index contributed by atoms with van der Waals surface area (Å²) in [5, 5.41) is 0. The standard InChI is InChI=1S/C12H11O.C6H5O.Fe/c1-13-12-8-6-11(7-9-12)10-4-2-3-5-10;7-5-6-3-1-2-4-6;/h2-9H,1H3;1-5H;/q-1;-5;. The van der Waals surface area contributed by atoms with Crippen molar-refractivity contribution in [3.63, 3.8) is 0 Å². The zero-order chi connectivity index (χ0) is 14.2. The van der Waals surface area contributed by atoms with E-state index < -0.39 is 0 Å². The molecule has 0 bridgehead atoms. The van der Waals surface area contributed by atoms with Crippen molar-refractivity contribution in [2.45, 2.75) is 0 Å². The molecule has 0 N–H and O–H groups in total. The maximum absolute atomic E-state index is 9.87. The third-order valence-corrected chi connectivity index (χ3v) is 2.91. The molecule has 0 saturated carbocycles. The maximum atomic E-state index is 9.87. The Balaban J connectivity index is 0.000000236. The number of hydrogen-bond donors (Lipinski definition) is 0. The fraction of sp³-hybridized carbons (Fsp3) is 0.0556. The number of aldehydes is 1. The van der Waals surface area contributed by atoms with E-state index in [0.717, 1.165) is 17.6 Å². The van der Waals surface area contributed by atoms with E-state index in [9.17, 15) is 4.79 Å². The van der Waals surface area contributed by atoms with Crippen LogP contribution in [0.4, 0.5) is 0 Å². The van der Waals surface area contributed by atoms with Crippen LogP contribution in [0.1, 0.15) is 10.4 Å². The Morgan fingerprint density at radius 1 is 1.05 bits per heavy atom. The van der Waals surface area contributed by atoms with E-state index in [1.807, 2.05) is 36.4 Å². The van der Waals surface area contributed by atoms with Gasteiger partial charge in [0.1, 0.15) is 5.75 Å². The molecule has 3 aromatic rings. The van der Waals surface area contributed by atoms with E-state index in [2.05, 4.69) is 24.3 Å². The molecule has 0 atom stereocenters. The topological polar surface area (TPSA) is 26.3 Å². The van der Waals surface area contributed by atoms with Gasteiger partial charge in [-0.25, -0.2) is 0 Å². The van der Waals surface area contributed by atoms with Gasteiger partial charge in [-0.1, -0.05) is 17.7 Å². The van der Waals surface area contributed by atoms with Crippen molar-refractivity contribution in [2.75, 3.05) is 7.11 Å². The minimum absolute atomic E-state index is 0. The summed E-state index contributed by atoms with van der Waals surface area (Å²) >= 11 is 0. The van der Waals surface area contributed by atoms with Crippen LogP contribution in [0.2, 0.25) is 0 Å². The molecule has 0 aliphatic rings. The van der Waals surface area contributed by atoms with Gasteiger partial charge in [0.05, 0.1) is 7.11 Å². The molecule has 21 heavy (non-hydrogen) atoms. The molecule has 3 heteroatoms. The number of benzene rings is 1. The first kappa shape index (κ1) is 17.0. The van der Waals surface area contributed by atoms with Gasteiger partial charge in [-0.05, 0) is 0 Å². The van der Waals surface area contributed by atoms with Crippen molar-refractivity contribution in [3.05, 3.63) is 78.4 Å². The van der Waals surface area contributed by atoms with Crippen LogP contribution in [0, 0.1) is 0 Å². The molecule has 0 saturated heterocycles. The summed E-state index contributed by atoms with van der Waals surface area (Å²) in [6.07, 6.45) is 0.833. The molecular formula is C18H16FeO2-6. The Labute approximate surface area is 135 Å². The second kappa shape index (κ2) is 8.96. The average molecular weight is 320 g/mol. The van der Waals surface area contributed by atoms with Crippen molar-refractivity contribution in [1.29, 1.82) is 0 Å². The van der Waals surface area contributed by atoms with Crippen LogP contribution in [0.3, 0.4) is 0 Å². The van der Waals surface area contributed by atoms with Crippen molar-refractivity contribution < 1.29 is 26.6 Å². The average Bonchev–Trinajstić information content (AvgIpc) is 3.21. The van der Waals surface area contributed by atoms with Crippen LogP contribution in [-0.2, 0) is 17.1 Å². The molecule has 0 aromatic heterocycles. The molecule has 3 rings (SSSR count). The second-order valence-corrected chi connectivity index (χ2v) is 4.24. The molecule has 0 amide bonds. The molecule has 114 valence electrons. The molecule has 0 radical (unpaired) electrons. The quantitative estimate of drug-likeness (QED) is 0.409. The second-order valence-electron chi connectivity index (χ2n) is 4.24. The first-order chi connectivity index (χ1) is 9.83. The van der Waals surface area contributed by atoms with Crippen LogP contribution >= 0.6 is 0 Å². The number of ether oxygens (including phenoxy) is 1. The number of hydrogen-bond acceptors (Lipinski definition) is 2. The first-order valence-electron chi connectivity index (χ1n) is 6.36. The Kier molecular flexibility index (Phi) is 7.24. The molecule has 3 aromatic carbocycles. The van der Waals surface area contributed by atoms with Crippen molar-refractivity contribution in [2.24, 2.45) is 0 Å². The van der Waals surface area contributed by atoms with Gasteiger partial charge in [-0.3, -0.25) is 6.29 Å². The smallest absolute Gasteiger partial charge is 0.104 e. The molecule has 0 fully saturated rings. The SMILES string of the molecule is COc1ccc(-[c-]2cccc2)cc1.O=C[c-]1[cH-][cH-][cH-][cH-]1.[Fe]. The number of carbonyl (C=O) groups is 1. The van der Waals surface area contributed by atoms with Gasteiger partial charge >= 0.3 is 0 Å². The van der Waals surface area contributed by atoms with Crippen LogP contribution in [-0.4, -0.2) is 13.4 Å². The van der Waals surface area contributed by atoms with Gasteiger partial charge in [0.25, 0.3) is 0 Å². The maximum Gasteiger partial charge on any atom is 0.104 e. The van der Waals surface area contributed by atoms with Crippen LogP contribution in [0.15, 0.2) is 72.8 Å². The minimum atomic E-state index is 0. The minimum Gasteiger partial charge on any atom is -0.721 e. The molecule has 0 heterocycles. The zero-order valence-corrected chi connectivity index (χ0v) is 12.8. The summed E-state index contributed by atoms with van der Waals surface area (Å²) in [7, 11) is 1.68. The summed E-state index contributed by atoms with van der Waals surface area (Å²) in [6, 6.07) is 23.6. The van der Waals surface area contributed by atoms with Crippen molar-refractivity contribution >= 4 is 6.29 Å². The van der Waals surface area contributed by atoms with Crippen LogP contribution in [0.5, 0.6) is 5.75 Å². The number of rotatable bonds is 3. The normalized spacial score (nSPS) is 9.00. The van der Waals surface area contributed by atoms with Gasteiger partial charge in [0, 0.05) is 17.1 Å². The Morgan fingerprint density at radius 3 is 2.05 bits per heavy atom. The van der Waals surface area contributed by atoms with Gasteiger partial charge < -0.3 is 39.4 Å². The molecular weight excluding hydrogens is 304 g/mol. The molecule has 0 spiro atoms. The van der Waals surface area contributed by atoms with Gasteiger partial charge in [-0.15, -0.1) is 29.8 Å². The summed E-state index contributed by atoms with van der Waals surface area (Å²) < 4.78 is 5.09. The molecule has 0 aliphatic carbocycles. The van der Waals surface area contributed by atoms with E-state index in [0.29, 0.717) is 0 Å². The van der Waals surface area contributed by atoms with Gasteiger partial charge in [0.2, 0.25) is 0 Å². The summed E-state index contributed by atoms with van der Waals surface area (Å²) in [5.41, 5.74) is 3.23. The third-order valence-electron chi connectivity index (χ3n) is 2.91. The van der Waals surface area contributed by atoms with E-state index in [1.54, 1.807) is 19.2 Å². The largest absolute Gasteiger partial charge is 0.721 e. The first-order valence-corrected chi connectivity index (χ1v) is 6.36. The Morgan fingerprint density at radius 2 is 1.62 bits per heavy atom. The predicted octanol–water partition coefficient (Wildman–Crippen LogP) is 4.30. The zero-order valence-electron chi connectivity index (χ0n) is 11.7. The summed E-state index contributed by atoms with van der Waals surface area (Å²) in [4.78, 5) is 9.87. The van der Waals surface area contributed by atoms with E-state index >= 15 is 0 Å². The fourth-order valence-electron chi connectivity index (χ4n) is 1.82. The number of carbonyl (C=O) groups excluding carboxylic acids is 1. The Hall–Kier alpha value is -2.09. The summed E-state index contributed by atoms with van der Waals surface area (Å²) in [5.74, 6) is 0.898.